The third-order valence-electron chi connectivity index (χ3n) is 3.03. The molecule has 0 amide bonds. The first kappa shape index (κ1) is 13.2. The average molecular weight is 223 g/mol. The number of nitrogens with zero attached hydrogens (tertiary/aromatic N) is 2. The molecule has 1 rings (SSSR count). The number of hydrogen-bond donors (Lipinski definition) is 1. The first-order valence-corrected chi connectivity index (χ1v) is 6.29. The van der Waals surface area contributed by atoms with Crippen LogP contribution in [-0.2, 0) is 13.1 Å². The van der Waals surface area contributed by atoms with Crippen molar-refractivity contribution < 1.29 is 0 Å². The fourth-order valence-electron chi connectivity index (χ4n) is 1.90. The highest BCUT2D eigenvalue weighted by molar-refractivity contribution is 5.24. The Bertz CT molecular complexity index is 326. The van der Waals surface area contributed by atoms with E-state index in [1.165, 1.54) is 17.7 Å². The average Bonchev–Trinajstić information content (AvgIpc) is 2.50. The van der Waals surface area contributed by atoms with Crippen molar-refractivity contribution in [3.63, 3.8) is 0 Å². The van der Waals surface area contributed by atoms with Crippen LogP contribution in [0.1, 0.15) is 44.1 Å². The van der Waals surface area contributed by atoms with Gasteiger partial charge in [-0.2, -0.15) is 5.10 Å². The van der Waals surface area contributed by atoms with Gasteiger partial charge >= 0.3 is 0 Å². The lowest BCUT2D eigenvalue weighted by atomic mass is 10.1. The van der Waals surface area contributed by atoms with Crippen LogP contribution in [0.15, 0.2) is 0 Å². The SMILES string of the molecule is CCn1nc(C)c(CNCCC(C)C)c1C. The van der Waals surface area contributed by atoms with Crippen LogP contribution in [0.2, 0.25) is 0 Å². The standard InChI is InChI=1S/C13H25N3/c1-6-16-12(5)13(11(4)15-16)9-14-8-7-10(2)3/h10,14H,6-9H2,1-5H3. The van der Waals surface area contributed by atoms with Gasteiger partial charge in [0, 0.05) is 24.3 Å². The third kappa shape index (κ3) is 3.34. The molecule has 92 valence electrons. The van der Waals surface area contributed by atoms with Gasteiger partial charge < -0.3 is 5.32 Å². The monoisotopic (exact) mass is 223 g/mol. The van der Waals surface area contributed by atoms with Gasteiger partial charge in [0.25, 0.3) is 0 Å². The summed E-state index contributed by atoms with van der Waals surface area (Å²) in [5.74, 6) is 0.771. The van der Waals surface area contributed by atoms with Crippen LogP contribution in [0.3, 0.4) is 0 Å². The fraction of sp³-hybridized carbons (Fsp3) is 0.769. The number of hydrogen-bond acceptors (Lipinski definition) is 2. The Balaban J connectivity index is 2.50. The first-order valence-electron chi connectivity index (χ1n) is 6.29. The molecular formula is C13H25N3. The second kappa shape index (κ2) is 6.04. The number of rotatable bonds is 6. The van der Waals surface area contributed by atoms with Crippen LogP contribution in [0.5, 0.6) is 0 Å². The van der Waals surface area contributed by atoms with E-state index in [9.17, 15) is 0 Å². The highest BCUT2D eigenvalue weighted by Crippen LogP contribution is 2.12. The van der Waals surface area contributed by atoms with E-state index in [0.29, 0.717) is 0 Å². The topological polar surface area (TPSA) is 29.9 Å². The summed E-state index contributed by atoms with van der Waals surface area (Å²) in [6.45, 7) is 13.9. The van der Waals surface area contributed by atoms with E-state index < -0.39 is 0 Å². The van der Waals surface area contributed by atoms with Gasteiger partial charge in [0.05, 0.1) is 5.69 Å². The van der Waals surface area contributed by atoms with Crippen molar-refractivity contribution in [1.82, 2.24) is 15.1 Å². The number of aryl methyl sites for hydroxylation is 2. The van der Waals surface area contributed by atoms with Gasteiger partial charge in [0.15, 0.2) is 0 Å². The summed E-state index contributed by atoms with van der Waals surface area (Å²) in [7, 11) is 0. The Morgan fingerprint density at radius 3 is 2.50 bits per heavy atom. The van der Waals surface area contributed by atoms with Gasteiger partial charge in [-0.3, -0.25) is 4.68 Å². The Morgan fingerprint density at radius 2 is 2.00 bits per heavy atom. The Morgan fingerprint density at radius 1 is 1.31 bits per heavy atom. The van der Waals surface area contributed by atoms with E-state index in [1.54, 1.807) is 0 Å². The zero-order chi connectivity index (χ0) is 12.1. The fourth-order valence-corrected chi connectivity index (χ4v) is 1.90. The molecule has 1 aromatic heterocycles. The minimum atomic E-state index is 0.771. The van der Waals surface area contributed by atoms with Gasteiger partial charge in [-0.05, 0) is 39.7 Å². The first-order chi connectivity index (χ1) is 7.56. The van der Waals surface area contributed by atoms with Crippen LogP contribution in [0.4, 0.5) is 0 Å². The molecule has 0 bridgehead atoms. The quantitative estimate of drug-likeness (QED) is 0.751. The lowest BCUT2D eigenvalue weighted by Crippen LogP contribution is -2.17. The van der Waals surface area contributed by atoms with Crippen molar-refractivity contribution in [3.05, 3.63) is 17.0 Å². The molecule has 0 spiro atoms. The minimum Gasteiger partial charge on any atom is -0.313 e. The highest BCUT2D eigenvalue weighted by atomic mass is 15.3. The smallest absolute Gasteiger partial charge is 0.0641 e. The van der Waals surface area contributed by atoms with Gasteiger partial charge in [-0.15, -0.1) is 0 Å². The minimum absolute atomic E-state index is 0.771. The molecule has 3 nitrogen and oxygen atoms in total. The van der Waals surface area contributed by atoms with E-state index in [-0.39, 0.29) is 0 Å². The zero-order valence-corrected chi connectivity index (χ0v) is 11.3. The third-order valence-corrected chi connectivity index (χ3v) is 3.03. The van der Waals surface area contributed by atoms with E-state index >= 15 is 0 Å². The summed E-state index contributed by atoms with van der Waals surface area (Å²) in [4.78, 5) is 0. The molecule has 0 aliphatic heterocycles. The van der Waals surface area contributed by atoms with Gasteiger partial charge in [-0.1, -0.05) is 13.8 Å². The lowest BCUT2D eigenvalue weighted by molar-refractivity contribution is 0.536. The van der Waals surface area contributed by atoms with Crippen LogP contribution in [0.25, 0.3) is 0 Å². The molecule has 1 heterocycles. The zero-order valence-electron chi connectivity index (χ0n) is 11.3. The normalized spacial score (nSPS) is 11.4. The van der Waals surface area contributed by atoms with Gasteiger partial charge in [0.1, 0.15) is 0 Å². The molecule has 0 atom stereocenters. The van der Waals surface area contributed by atoms with Crippen LogP contribution >= 0.6 is 0 Å². The Hall–Kier alpha value is -0.830. The van der Waals surface area contributed by atoms with E-state index in [1.807, 2.05) is 0 Å². The van der Waals surface area contributed by atoms with Crippen LogP contribution < -0.4 is 5.32 Å². The maximum Gasteiger partial charge on any atom is 0.0641 e. The van der Waals surface area contributed by atoms with Crippen molar-refractivity contribution in [2.75, 3.05) is 6.54 Å². The molecule has 0 fully saturated rings. The predicted molar refractivity (Wildman–Crippen MR) is 68.5 cm³/mol. The molecule has 1 aromatic rings. The predicted octanol–water partition coefficient (Wildman–Crippen LogP) is 2.66. The second-order valence-electron chi connectivity index (χ2n) is 4.82. The largest absolute Gasteiger partial charge is 0.313 e. The summed E-state index contributed by atoms with van der Waals surface area (Å²) >= 11 is 0. The van der Waals surface area contributed by atoms with Crippen LogP contribution in [0, 0.1) is 19.8 Å². The molecule has 0 radical (unpaired) electrons. The Kier molecular flexibility index (Phi) is 5.00. The van der Waals surface area contributed by atoms with Crippen LogP contribution in [-0.4, -0.2) is 16.3 Å². The maximum atomic E-state index is 4.52. The summed E-state index contributed by atoms with van der Waals surface area (Å²) < 4.78 is 2.08. The molecule has 0 saturated carbocycles. The Labute approximate surface area is 99.2 Å². The van der Waals surface area contributed by atoms with E-state index in [0.717, 1.165) is 31.2 Å². The molecule has 0 saturated heterocycles. The van der Waals surface area contributed by atoms with Crippen molar-refractivity contribution in [2.24, 2.45) is 5.92 Å². The van der Waals surface area contributed by atoms with Gasteiger partial charge in [0.2, 0.25) is 0 Å². The maximum absolute atomic E-state index is 4.52. The summed E-state index contributed by atoms with van der Waals surface area (Å²) in [5, 5.41) is 8.02. The molecule has 0 aliphatic carbocycles. The second-order valence-corrected chi connectivity index (χ2v) is 4.82. The van der Waals surface area contributed by atoms with Crippen molar-refractivity contribution in [1.29, 1.82) is 0 Å². The van der Waals surface area contributed by atoms with Gasteiger partial charge in [-0.25, -0.2) is 0 Å². The molecule has 0 aliphatic rings. The number of aromatic nitrogens is 2. The summed E-state index contributed by atoms with van der Waals surface area (Å²) in [6, 6.07) is 0. The molecule has 0 unspecified atom stereocenters. The lowest BCUT2D eigenvalue weighted by Gasteiger charge is -2.07. The molecule has 0 aromatic carbocycles. The number of nitrogens with one attached hydrogen (secondary N) is 1. The van der Waals surface area contributed by atoms with Crippen molar-refractivity contribution >= 4 is 0 Å². The summed E-state index contributed by atoms with van der Waals surface area (Å²) in [6.07, 6.45) is 1.24. The van der Waals surface area contributed by atoms with Crippen molar-refractivity contribution in [2.45, 2.75) is 54.1 Å². The van der Waals surface area contributed by atoms with Crippen molar-refractivity contribution in [3.8, 4) is 0 Å². The summed E-state index contributed by atoms with van der Waals surface area (Å²) in [5.41, 5.74) is 3.83. The van der Waals surface area contributed by atoms with E-state index in [2.05, 4.69) is 49.7 Å². The van der Waals surface area contributed by atoms with E-state index in [4.69, 9.17) is 0 Å². The highest BCUT2D eigenvalue weighted by Gasteiger charge is 2.09. The molecular weight excluding hydrogens is 198 g/mol. The molecule has 1 N–H and O–H groups in total. The molecule has 3 heteroatoms. The molecule has 16 heavy (non-hydrogen) atoms.